The fourth-order valence-electron chi connectivity index (χ4n) is 3.29. The van der Waals surface area contributed by atoms with Crippen molar-refractivity contribution in [3.8, 4) is 5.75 Å². The molecule has 0 aliphatic carbocycles. The number of amides is 1. The maximum absolute atomic E-state index is 12.3. The van der Waals surface area contributed by atoms with Crippen molar-refractivity contribution in [1.29, 1.82) is 0 Å². The molecule has 1 aliphatic heterocycles. The number of ether oxygens (including phenoxy) is 1. The van der Waals surface area contributed by atoms with Gasteiger partial charge in [-0.15, -0.1) is 0 Å². The summed E-state index contributed by atoms with van der Waals surface area (Å²) in [5.74, 6) is 0.880. The number of nitrogens with zero attached hydrogens (tertiary/aromatic N) is 1. The molecule has 1 amide bonds. The van der Waals surface area contributed by atoms with Gasteiger partial charge in [0.05, 0.1) is 38.5 Å². The molecule has 1 heterocycles. The summed E-state index contributed by atoms with van der Waals surface area (Å²) in [6, 6.07) is 13.1. The minimum Gasteiger partial charge on any atom is -0.492 e. The molecule has 0 radical (unpaired) electrons. The van der Waals surface area contributed by atoms with Crippen molar-refractivity contribution >= 4 is 40.5 Å². The summed E-state index contributed by atoms with van der Waals surface area (Å²) in [7, 11) is 0. The Morgan fingerprint density at radius 3 is 2.48 bits per heavy atom. The van der Waals surface area contributed by atoms with Crippen LogP contribution in [0.3, 0.4) is 0 Å². The normalized spacial score (nSPS) is 14.9. The van der Waals surface area contributed by atoms with Gasteiger partial charge in [0.1, 0.15) is 5.75 Å². The van der Waals surface area contributed by atoms with Crippen LogP contribution in [0.4, 0.5) is 11.4 Å². The molecule has 0 unspecified atom stereocenters. The van der Waals surface area contributed by atoms with Crippen molar-refractivity contribution in [3.63, 3.8) is 0 Å². The Hall–Kier alpha value is -1.95. The molecule has 0 atom stereocenters. The number of benzene rings is 2. The molecule has 1 fully saturated rings. The third-order valence-electron chi connectivity index (χ3n) is 4.53. The molecular formula is C20H24Cl2N3O2+. The van der Waals surface area contributed by atoms with E-state index in [-0.39, 0.29) is 5.91 Å². The molecule has 1 saturated heterocycles. The molecular weight excluding hydrogens is 385 g/mol. The van der Waals surface area contributed by atoms with E-state index in [0.717, 1.165) is 37.6 Å². The van der Waals surface area contributed by atoms with Gasteiger partial charge in [-0.25, -0.2) is 0 Å². The van der Waals surface area contributed by atoms with E-state index in [1.165, 1.54) is 4.90 Å². The molecule has 2 N–H and O–H groups in total. The topological polar surface area (TPSA) is 46.0 Å². The van der Waals surface area contributed by atoms with Crippen LogP contribution in [-0.2, 0) is 4.79 Å². The minimum atomic E-state index is -0.0356. The number of halogens is 2. The van der Waals surface area contributed by atoms with Crippen LogP contribution in [0, 0.1) is 0 Å². The molecule has 5 nitrogen and oxygen atoms in total. The van der Waals surface area contributed by atoms with Gasteiger partial charge in [0, 0.05) is 15.7 Å². The first-order valence-electron chi connectivity index (χ1n) is 9.11. The lowest BCUT2D eigenvalue weighted by Crippen LogP contribution is -3.15. The third-order valence-corrected chi connectivity index (χ3v) is 4.97. The zero-order valence-electron chi connectivity index (χ0n) is 15.3. The van der Waals surface area contributed by atoms with Crippen molar-refractivity contribution < 1.29 is 14.4 Å². The van der Waals surface area contributed by atoms with Crippen LogP contribution in [0.15, 0.2) is 42.5 Å². The van der Waals surface area contributed by atoms with E-state index in [2.05, 4.69) is 16.3 Å². The number of carbonyl (C=O) groups excluding carboxylic acids is 1. The summed E-state index contributed by atoms with van der Waals surface area (Å²) in [4.78, 5) is 15.9. The van der Waals surface area contributed by atoms with Gasteiger partial charge in [-0.3, -0.25) is 4.79 Å². The zero-order valence-corrected chi connectivity index (χ0v) is 16.8. The van der Waals surface area contributed by atoms with Gasteiger partial charge in [0.15, 0.2) is 6.54 Å². The number of rotatable bonds is 6. The first-order valence-corrected chi connectivity index (χ1v) is 9.87. The third kappa shape index (κ3) is 5.51. The van der Waals surface area contributed by atoms with Crippen LogP contribution in [0.25, 0.3) is 0 Å². The predicted molar refractivity (Wildman–Crippen MR) is 110 cm³/mol. The van der Waals surface area contributed by atoms with Crippen molar-refractivity contribution in [3.05, 3.63) is 52.5 Å². The van der Waals surface area contributed by atoms with E-state index in [1.54, 1.807) is 18.2 Å². The predicted octanol–water partition coefficient (Wildman–Crippen LogP) is 2.74. The van der Waals surface area contributed by atoms with Crippen LogP contribution in [-0.4, -0.2) is 45.2 Å². The molecule has 27 heavy (non-hydrogen) atoms. The van der Waals surface area contributed by atoms with Crippen molar-refractivity contribution in [2.24, 2.45) is 0 Å². The molecule has 2 aromatic rings. The van der Waals surface area contributed by atoms with E-state index in [0.29, 0.717) is 28.9 Å². The van der Waals surface area contributed by atoms with Crippen molar-refractivity contribution in [2.45, 2.75) is 6.92 Å². The second-order valence-corrected chi connectivity index (χ2v) is 7.39. The fourth-order valence-corrected chi connectivity index (χ4v) is 3.82. The van der Waals surface area contributed by atoms with Crippen LogP contribution in [0.1, 0.15) is 6.92 Å². The van der Waals surface area contributed by atoms with E-state index in [9.17, 15) is 4.79 Å². The highest BCUT2D eigenvalue weighted by molar-refractivity contribution is 6.35. The first-order chi connectivity index (χ1) is 13.0. The summed E-state index contributed by atoms with van der Waals surface area (Å²) in [5, 5.41) is 3.89. The Morgan fingerprint density at radius 1 is 1.15 bits per heavy atom. The smallest absolute Gasteiger partial charge is 0.279 e. The quantitative estimate of drug-likeness (QED) is 0.772. The standard InChI is InChI=1S/C20H23Cl2N3O2/c1-2-27-19-6-4-3-5-18(19)25-9-7-24(8-10-25)14-20(26)23-17-12-15(21)11-16(22)13-17/h3-6,11-13H,2,7-10,14H2,1H3,(H,23,26)/p+1. The molecule has 7 heteroatoms. The lowest BCUT2D eigenvalue weighted by atomic mass is 10.2. The Bertz CT molecular complexity index is 772. The number of nitrogens with one attached hydrogen (secondary N) is 2. The van der Waals surface area contributed by atoms with E-state index in [4.69, 9.17) is 27.9 Å². The average molecular weight is 409 g/mol. The van der Waals surface area contributed by atoms with Crippen molar-refractivity contribution in [1.82, 2.24) is 0 Å². The van der Waals surface area contributed by atoms with Crippen LogP contribution < -0.4 is 19.9 Å². The largest absolute Gasteiger partial charge is 0.492 e. The van der Waals surface area contributed by atoms with E-state index >= 15 is 0 Å². The average Bonchev–Trinajstić information content (AvgIpc) is 2.62. The molecule has 144 valence electrons. The molecule has 3 rings (SSSR count). The van der Waals surface area contributed by atoms with Crippen molar-refractivity contribution in [2.75, 3.05) is 49.5 Å². The number of quaternary nitrogens is 1. The van der Waals surface area contributed by atoms with Gasteiger partial charge in [0.25, 0.3) is 5.91 Å². The minimum absolute atomic E-state index is 0.0356. The van der Waals surface area contributed by atoms with Gasteiger partial charge >= 0.3 is 0 Å². The highest BCUT2D eigenvalue weighted by Crippen LogP contribution is 2.27. The Labute approximate surface area is 169 Å². The number of para-hydroxylation sites is 2. The number of hydrogen-bond acceptors (Lipinski definition) is 3. The van der Waals surface area contributed by atoms with Crippen LogP contribution in [0.2, 0.25) is 10.0 Å². The summed E-state index contributed by atoms with van der Waals surface area (Å²) < 4.78 is 5.73. The Morgan fingerprint density at radius 2 is 1.81 bits per heavy atom. The van der Waals surface area contributed by atoms with Gasteiger partial charge < -0.3 is 19.9 Å². The summed E-state index contributed by atoms with van der Waals surface area (Å²) in [6.07, 6.45) is 0. The monoisotopic (exact) mass is 408 g/mol. The molecule has 0 spiro atoms. The van der Waals surface area contributed by atoms with Gasteiger partial charge in [0.2, 0.25) is 0 Å². The molecule has 0 bridgehead atoms. The van der Waals surface area contributed by atoms with Gasteiger partial charge in [-0.05, 0) is 37.3 Å². The Balaban J connectivity index is 1.53. The maximum Gasteiger partial charge on any atom is 0.279 e. The van der Waals surface area contributed by atoms with Gasteiger partial charge in [-0.1, -0.05) is 35.3 Å². The second kappa shape index (κ2) is 9.31. The van der Waals surface area contributed by atoms with Crippen LogP contribution >= 0.6 is 23.2 Å². The summed E-state index contributed by atoms with van der Waals surface area (Å²) in [5.41, 5.74) is 1.75. The molecule has 2 aromatic carbocycles. The van der Waals surface area contributed by atoms with Crippen LogP contribution in [0.5, 0.6) is 5.75 Å². The van der Waals surface area contributed by atoms with E-state index in [1.807, 2.05) is 25.1 Å². The molecule has 1 aliphatic rings. The lowest BCUT2D eigenvalue weighted by molar-refractivity contribution is -0.892. The first kappa shape index (κ1) is 19.8. The highest BCUT2D eigenvalue weighted by Gasteiger charge is 2.24. The lowest BCUT2D eigenvalue weighted by Gasteiger charge is -2.34. The summed E-state index contributed by atoms with van der Waals surface area (Å²) >= 11 is 12.0. The number of piperazine rings is 1. The van der Waals surface area contributed by atoms with Gasteiger partial charge in [-0.2, -0.15) is 0 Å². The maximum atomic E-state index is 12.3. The zero-order chi connectivity index (χ0) is 19.2. The Kier molecular flexibility index (Phi) is 6.83. The second-order valence-electron chi connectivity index (χ2n) is 6.52. The number of hydrogen-bond donors (Lipinski definition) is 2. The number of carbonyl (C=O) groups is 1. The fraction of sp³-hybridized carbons (Fsp3) is 0.350. The number of anilines is 2. The molecule has 0 aromatic heterocycles. The SMILES string of the molecule is CCOc1ccccc1N1CC[NH+](CC(=O)Nc2cc(Cl)cc(Cl)c2)CC1. The molecule has 0 saturated carbocycles. The highest BCUT2D eigenvalue weighted by atomic mass is 35.5. The summed E-state index contributed by atoms with van der Waals surface area (Å²) in [6.45, 7) is 6.62. The van der Waals surface area contributed by atoms with E-state index < -0.39 is 0 Å².